The van der Waals surface area contributed by atoms with E-state index in [0.29, 0.717) is 24.5 Å². The maximum Gasteiger partial charge on any atom is 0.137 e. The highest BCUT2D eigenvalue weighted by molar-refractivity contribution is 5.93. The van der Waals surface area contributed by atoms with E-state index in [1.165, 1.54) is 5.56 Å². The highest BCUT2D eigenvalue weighted by Crippen LogP contribution is 2.34. The molecule has 3 heterocycles. The quantitative estimate of drug-likeness (QED) is 0.757. The van der Waals surface area contributed by atoms with Gasteiger partial charge in [0.25, 0.3) is 0 Å². The predicted octanol–water partition coefficient (Wildman–Crippen LogP) is 3.18. The second-order valence-corrected chi connectivity index (χ2v) is 5.67. The molecule has 0 atom stereocenters. The maximum atomic E-state index is 11.4. The summed E-state index contributed by atoms with van der Waals surface area (Å²) in [5.74, 6) is 0.840. The number of H-pyrrole nitrogens is 2. The molecule has 1 saturated carbocycles. The third kappa shape index (κ3) is 2.14. The van der Waals surface area contributed by atoms with Gasteiger partial charge in [0.15, 0.2) is 0 Å². The van der Waals surface area contributed by atoms with Crippen molar-refractivity contribution >= 4 is 16.8 Å². The van der Waals surface area contributed by atoms with Crippen molar-refractivity contribution in [3.8, 4) is 11.1 Å². The molecule has 1 aliphatic carbocycles. The Morgan fingerprint density at radius 3 is 2.76 bits per heavy atom. The number of hydrogen-bond acceptors (Lipinski definition) is 3. The van der Waals surface area contributed by atoms with E-state index in [2.05, 4.69) is 26.2 Å². The van der Waals surface area contributed by atoms with Crippen LogP contribution in [-0.2, 0) is 4.79 Å². The van der Waals surface area contributed by atoms with Crippen LogP contribution >= 0.6 is 0 Å². The highest BCUT2D eigenvalue weighted by atomic mass is 16.1. The first-order valence-corrected chi connectivity index (χ1v) is 7.29. The normalized spacial score (nSPS) is 16.7. The van der Waals surface area contributed by atoms with E-state index < -0.39 is 0 Å². The lowest BCUT2D eigenvalue weighted by molar-refractivity contribution is -0.120. The number of aromatic amines is 2. The Morgan fingerprint density at radius 2 is 2.00 bits per heavy atom. The first kappa shape index (κ1) is 12.3. The van der Waals surface area contributed by atoms with Crippen molar-refractivity contribution in [1.29, 1.82) is 0 Å². The number of fused-ring (bicyclic) bond motifs is 1. The fourth-order valence-corrected chi connectivity index (χ4v) is 3.15. The first-order chi connectivity index (χ1) is 10.3. The lowest BCUT2D eigenvalue weighted by atomic mass is 9.84. The van der Waals surface area contributed by atoms with Gasteiger partial charge in [0, 0.05) is 47.9 Å². The number of pyridine rings is 1. The van der Waals surface area contributed by atoms with Crippen molar-refractivity contribution in [3.05, 3.63) is 36.4 Å². The summed E-state index contributed by atoms with van der Waals surface area (Å²) in [5.41, 5.74) is 4.29. The van der Waals surface area contributed by atoms with E-state index in [0.717, 1.165) is 35.0 Å². The number of aromatic nitrogens is 4. The molecule has 0 aliphatic heterocycles. The Hall–Kier alpha value is -2.43. The molecule has 21 heavy (non-hydrogen) atoms. The molecular weight excluding hydrogens is 264 g/mol. The van der Waals surface area contributed by atoms with E-state index in [1.807, 2.05) is 24.8 Å². The van der Waals surface area contributed by atoms with Crippen LogP contribution in [0.1, 0.15) is 37.2 Å². The van der Waals surface area contributed by atoms with Crippen LogP contribution in [0.4, 0.5) is 0 Å². The third-order valence-electron chi connectivity index (χ3n) is 4.38. The largest absolute Gasteiger partial charge is 0.346 e. The molecule has 0 aromatic carbocycles. The third-order valence-corrected chi connectivity index (χ3v) is 4.38. The molecule has 1 fully saturated rings. The van der Waals surface area contributed by atoms with Crippen molar-refractivity contribution in [2.45, 2.75) is 31.6 Å². The van der Waals surface area contributed by atoms with Gasteiger partial charge in [-0.3, -0.25) is 9.89 Å². The summed E-state index contributed by atoms with van der Waals surface area (Å²) in [6.07, 6.45) is 10.9. The Kier molecular flexibility index (Phi) is 2.84. The molecule has 106 valence electrons. The average molecular weight is 280 g/mol. The molecular formula is C16H16N4O. The van der Waals surface area contributed by atoms with E-state index in [9.17, 15) is 4.79 Å². The van der Waals surface area contributed by atoms with Gasteiger partial charge in [-0.15, -0.1) is 0 Å². The van der Waals surface area contributed by atoms with Crippen LogP contribution in [-0.4, -0.2) is 25.9 Å². The molecule has 3 aromatic rings. The summed E-state index contributed by atoms with van der Waals surface area (Å²) in [7, 11) is 0. The van der Waals surface area contributed by atoms with Crippen molar-refractivity contribution < 1.29 is 4.79 Å². The average Bonchev–Trinajstić information content (AvgIpc) is 3.16. The standard InChI is InChI=1S/C16H16N4O/c21-13-3-1-10(2-4-13)11-5-14-15(12-7-19-20-8-12)9-18-16(14)17-6-11/h5-10H,1-4H2,(H,17,18)(H,19,20). The lowest BCUT2D eigenvalue weighted by Gasteiger charge is -2.21. The molecule has 1 aliphatic rings. The SMILES string of the molecule is O=C1CCC(c2cnc3[nH]cc(-c4cn[nH]c4)c3c2)CC1. The predicted molar refractivity (Wildman–Crippen MR) is 79.9 cm³/mol. The van der Waals surface area contributed by atoms with Crippen LogP contribution in [0.3, 0.4) is 0 Å². The molecule has 0 radical (unpaired) electrons. The highest BCUT2D eigenvalue weighted by Gasteiger charge is 2.21. The summed E-state index contributed by atoms with van der Waals surface area (Å²) in [6.45, 7) is 0. The number of carbonyl (C=O) groups is 1. The number of ketones is 1. The van der Waals surface area contributed by atoms with Gasteiger partial charge in [-0.05, 0) is 30.4 Å². The van der Waals surface area contributed by atoms with E-state index >= 15 is 0 Å². The second kappa shape index (κ2) is 4.84. The minimum atomic E-state index is 0.390. The molecule has 0 bridgehead atoms. The Morgan fingerprint density at radius 1 is 1.14 bits per heavy atom. The van der Waals surface area contributed by atoms with Gasteiger partial charge < -0.3 is 4.98 Å². The molecule has 0 saturated heterocycles. The van der Waals surface area contributed by atoms with Crippen LogP contribution in [0.15, 0.2) is 30.9 Å². The van der Waals surface area contributed by atoms with Crippen LogP contribution in [0, 0.1) is 0 Å². The summed E-state index contributed by atoms with van der Waals surface area (Å²) in [5, 5.41) is 7.97. The van der Waals surface area contributed by atoms with Gasteiger partial charge >= 0.3 is 0 Å². The van der Waals surface area contributed by atoms with Crippen molar-refractivity contribution in [2.75, 3.05) is 0 Å². The van der Waals surface area contributed by atoms with Crippen molar-refractivity contribution in [3.63, 3.8) is 0 Å². The molecule has 0 unspecified atom stereocenters. The van der Waals surface area contributed by atoms with E-state index in [-0.39, 0.29) is 0 Å². The fraction of sp³-hybridized carbons (Fsp3) is 0.312. The molecule has 2 N–H and O–H groups in total. The minimum Gasteiger partial charge on any atom is -0.346 e. The number of nitrogens with one attached hydrogen (secondary N) is 2. The van der Waals surface area contributed by atoms with Crippen molar-refractivity contribution in [1.82, 2.24) is 20.2 Å². The summed E-state index contributed by atoms with van der Waals surface area (Å²) in [4.78, 5) is 19.1. The van der Waals surface area contributed by atoms with Gasteiger partial charge in [0.1, 0.15) is 11.4 Å². The van der Waals surface area contributed by atoms with E-state index in [4.69, 9.17) is 0 Å². The molecule has 0 amide bonds. The van der Waals surface area contributed by atoms with Crippen LogP contribution in [0.25, 0.3) is 22.2 Å². The monoisotopic (exact) mass is 280 g/mol. The maximum absolute atomic E-state index is 11.4. The molecule has 5 nitrogen and oxygen atoms in total. The zero-order chi connectivity index (χ0) is 14.2. The van der Waals surface area contributed by atoms with Crippen LogP contribution in [0.5, 0.6) is 0 Å². The number of carbonyl (C=O) groups excluding carboxylic acids is 1. The smallest absolute Gasteiger partial charge is 0.137 e. The van der Waals surface area contributed by atoms with Gasteiger partial charge in [0.2, 0.25) is 0 Å². The molecule has 3 aromatic heterocycles. The Balaban J connectivity index is 1.75. The number of rotatable bonds is 2. The summed E-state index contributed by atoms with van der Waals surface area (Å²) >= 11 is 0. The summed E-state index contributed by atoms with van der Waals surface area (Å²) in [6, 6.07) is 2.21. The topological polar surface area (TPSA) is 74.4 Å². The zero-order valence-electron chi connectivity index (χ0n) is 11.6. The zero-order valence-corrected chi connectivity index (χ0v) is 11.6. The summed E-state index contributed by atoms with van der Waals surface area (Å²) < 4.78 is 0. The van der Waals surface area contributed by atoms with Crippen LogP contribution < -0.4 is 0 Å². The molecule has 0 spiro atoms. The first-order valence-electron chi connectivity index (χ1n) is 7.29. The number of hydrogen-bond donors (Lipinski definition) is 2. The van der Waals surface area contributed by atoms with Gasteiger partial charge in [-0.2, -0.15) is 5.10 Å². The van der Waals surface area contributed by atoms with Gasteiger partial charge in [-0.1, -0.05) is 0 Å². The molecule has 4 rings (SSSR count). The molecule has 5 heteroatoms. The fourth-order valence-electron chi connectivity index (χ4n) is 3.15. The van der Waals surface area contributed by atoms with E-state index in [1.54, 1.807) is 0 Å². The van der Waals surface area contributed by atoms with Crippen LogP contribution in [0.2, 0.25) is 0 Å². The Bertz CT molecular complexity index is 778. The number of Topliss-reactive ketones (excluding diaryl/α,β-unsaturated/α-hetero) is 1. The second-order valence-electron chi connectivity index (χ2n) is 5.67. The Labute approximate surface area is 121 Å². The van der Waals surface area contributed by atoms with Gasteiger partial charge in [0.05, 0.1) is 6.20 Å². The lowest BCUT2D eigenvalue weighted by Crippen LogP contribution is -2.12. The minimum absolute atomic E-state index is 0.390. The number of nitrogens with zero attached hydrogens (tertiary/aromatic N) is 2. The van der Waals surface area contributed by atoms with Gasteiger partial charge in [-0.25, -0.2) is 4.98 Å². The van der Waals surface area contributed by atoms with Crippen molar-refractivity contribution in [2.24, 2.45) is 0 Å².